The molecule has 0 spiro atoms. The molecule has 0 aliphatic rings. The summed E-state index contributed by atoms with van der Waals surface area (Å²) in [6.45, 7) is 6.10. The van der Waals surface area contributed by atoms with E-state index in [2.05, 4.69) is 22.1 Å². The second kappa shape index (κ2) is 10.6. The first-order valence-corrected chi connectivity index (χ1v) is 10.5. The molecule has 2 aromatic carbocycles. The number of amides is 1. The van der Waals surface area contributed by atoms with E-state index in [9.17, 15) is 9.18 Å². The highest BCUT2D eigenvalue weighted by Crippen LogP contribution is 2.31. The van der Waals surface area contributed by atoms with Gasteiger partial charge in [-0.05, 0) is 37.3 Å². The molecule has 1 unspecified atom stereocenters. The quantitative estimate of drug-likeness (QED) is 0.368. The minimum atomic E-state index is -0.417. The molecule has 0 fully saturated rings. The van der Waals surface area contributed by atoms with Crippen LogP contribution in [0.25, 0.3) is 0 Å². The fraction of sp³-hybridized carbons (Fsp3) is 0.227. The Labute approximate surface area is 184 Å². The minimum Gasteiger partial charge on any atom is -0.493 e. The van der Waals surface area contributed by atoms with Crippen LogP contribution in [0.2, 0.25) is 0 Å². The Morgan fingerprint density at radius 1 is 1.26 bits per heavy atom. The third-order valence-corrected chi connectivity index (χ3v) is 5.20. The van der Waals surface area contributed by atoms with Crippen molar-refractivity contribution in [3.05, 3.63) is 72.8 Å². The molecule has 0 saturated heterocycles. The van der Waals surface area contributed by atoms with Gasteiger partial charge in [0.05, 0.1) is 12.9 Å². The number of carbonyl (C=O) groups is 1. The minimum absolute atomic E-state index is 0.0908. The Hall–Kier alpha value is -3.33. The third-order valence-electron chi connectivity index (χ3n) is 4.23. The normalized spacial score (nSPS) is 11.6. The molecule has 1 amide bonds. The van der Waals surface area contributed by atoms with Gasteiger partial charge in [-0.25, -0.2) is 4.39 Å². The molecule has 7 nitrogen and oxygen atoms in total. The van der Waals surface area contributed by atoms with Crippen molar-refractivity contribution in [2.24, 2.45) is 0 Å². The van der Waals surface area contributed by atoms with Crippen LogP contribution in [0.5, 0.6) is 11.5 Å². The Kier molecular flexibility index (Phi) is 7.66. The third kappa shape index (κ3) is 5.85. The number of halogens is 1. The summed E-state index contributed by atoms with van der Waals surface area (Å²) in [6, 6.07) is 13.1. The van der Waals surface area contributed by atoms with Crippen LogP contribution in [-0.2, 0) is 11.3 Å². The second-order valence-electron chi connectivity index (χ2n) is 6.50. The number of para-hydroxylation sites is 2. The molecule has 0 bridgehead atoms. The molecule has 0 saturated carbocycles. The van der Waals surface area contributed by atoms with Crippen LogP contribution in [-0.4, -0.2) is 33.5 Å². The largest absolute Gasteiger partial charge is 0.493 e. The summed E-state index contributed by atoms with van der Waals surface area (Å²) < 4.78 is 26.5. The fourth-order valence-corrected chi connectivity index (χ4v) is 3.62. The number of carbonyl (C=O) groups excluding carboxylic acids is 1. The van der Waals surface area contributed by atoms with Crippen LogP contribution in [0.3, 0.4) is 0 Å². The highest BCUT2D eigenvalue weighted by molar-refractivity contribution is 7.99. The lowest BCUT2D eigenvalue weighted by molar-refractivity contribution is -0.113. The molecular weight excluding hydrogens is 419 g/mol. The zero-order valence-corrected chi connectivity index (χ0v) is 18.1. The molecule has 9 heteroatoms. The molecule has 3 rings (SSSR count). The lowest BCUT2D eigenvalue weighted by Crippen LogP contribution is -2.15. The maximum Gasteiger partial charge on any atom is 0.234 e. The number of allylic oxidation sites excluding steroid dienone is 1. The van der Waals surface area contributed by atoms with Gasteiger partial charge in [0.25, 0.3) is 0 Å². The van der Waals surface area contributed by atoms with Gasteiger partial charge >= 0.3 is 0 Å². The fourth-order valence-electron chi connectivity index (χ4n) is 2.86. The Bertz CT molecular complexity index is 1060. The van der Waals surface area contributed by atoms with Crippen LogP contribution in [0.4, 0.5) is 10.1 Å². The van der Waals surface area contributed by atoms with E-state index in [1.165, 1.54) is 30.0 Å². The number of anilines is 1. The summed E-state index contributed by atoms with van der Waals surface area (Å²) in [5.74, 6) is 1.21. The molecule has 1 aromatic heterocycles. The average Bonchev–Trinajstić information content (AvgIpc) is 3.15. The Morgan fingerprint density at radius 2 is 2.03 bits per heavy atom. The van der Waals surface area contributed by atoms with Gasteiger partial charge in [-0.3, -0.25) is 9.36 Å². The van der Waals surface area contributed by atoms with E-state index < -0.39 is 11.9 Å². The summed E-state index contributed by atoms with van der Waals surface area (Å²) in [5, 5.41) is 11.7. The molecule has 1 heterocycles. The van der Waals surface area contributed by atoms with Gasteiger partial charge in [-0.15, -0.1) is 16.8 Å². The number of hydrogen-bond donors (Lipinski definition) is 1. The second-order valence-corrected chi connectivity index (χ2v) is 7.44. The zero-order chi connectivity index (χ0) is 22.2. The van der Waals surface area contributed by atoms with Crippen LogP contribution < -0.4 is 14.8 Å². The zero-order valence-electron chi connectivity index (χ0n) is 17.2. The smallest absolute Gasteiger partial charge is 0.234 e. The van der Waals surface area contributed by atoms with E-state index in [1.807, 2.05) is 35.8 Å². The molecule has 1 atom stereocenters. The molecular formula is C22H23FN4O3S. The average molecular weight is 443 g/mol. The number of hydrogen-bond acceptors (Lipinski definition) is 6. The standard InChI is InChI=1S/C22H23FN4O3S/c1-4-12-27-21(15(2)30-19-11-6-5-10-18(19)29-3)25-26-22(27)31-14-20(28)24-17-9-7-8-16(23)13-17/h4-11,13,15H,1,12,14H2,2-3H3,(H,24,28). The van der Waals surface area contributed by atoms with E-state index in [0.717, 1.165) is 0 Å². The molecule has 31 heavy (non-hydrogen) atoms. The number of aromatic nitrogens is 3. The van der Waals surface area contributed by atoms with Crippen molar-refractivity contribution >= 4 is 23.4 Å². The van der Waals surface area contributed by atoms with E-state index in [-0.39, 0.29) is 11.7 Å². The van der Waals surface area contributed by atoms with Gasteiger partial charge in [-0.2, -0.15) is 0 Å². The molecule has 0 aliphatic heterocycles. The van der Waals surface area contributed by atoms with Gasteiger partial charge in [0.2, 0.25) is 5.91 Å². The molecule has 0 radical (unpaired) electrons. The van der Waals surface area contributed by atoms with Crippen LogP contribution in [0.15, 0.2) is 66.3 Å². The number of methoxy groups -OCH3 is 1. The predicted octanol–water partition coefficient (Wildman–Crippen LogP) is 4.48. The maximum absolute atomic E-state index is 13.3. The van der Waals surface area contributed by atoms with Crippen molar-refractivity contribution in [1.29, 1.82) is 0 Å². The lowest BCUT2D eigenvalue weighted by Gasteiger charge is -2.17. The number of thioether (sulfide) groups is 1. The lowest BCUT2D eigenvalue weighted by atomic mass is 10.3. The monoisotopic (exact) mass is 442 g/mol. The molecule has 1 N–H and O–H groups in total. The van der Waals surface area contributed by atoms with Crippen molar-refractivity contribution in [2.45, 2.75) is 24.7 Å². The molecule has 0 aliphatic carbocycles. The van der Waals surface area contributed by atoms with Crippen molar-refractivity contribution in [2.75, 3.05) is 18.2 Å². The van der Waals surface area contributed by atoms with Crippen LogP contribution >= 0.6 is 11.8 Å². The SMILES string of the molecule is C=CCn1c(SCC(=O)Nc2cccc(F)c2)nnc1C(C)Oc1ccccc1OC. The van der Waals surface area contributed by atoms with Crippen molar-refractivity contribution in [1.82, 2.24) is 14.8 Å². The van der Waals surface area contributed by atoms with Gasteiger partial charge < -0.3 is 14.8 Å². The first kappa shape index (κ1) is 22.4. The first-order valence-electron chi connectivity index (χ1n) is 9.53. The Balaban J connectivity index is 1.69. The van der Waals surface area contributed by atoms with E-state index >= 15 is 0 Å². The topological polar surface area (TPSA) is 78.3 Å². The van der Waals surface area contributed by atoms with Crippen molar-refractivity contribution < 1.29 is 18.7 Å². The summed E-state index contributed by atoms with van der Waals surface area (Å²) in [7, 11) is 1.58. The number of nitrogens with zero attached hydrogens (tertiary/aromatic N) is 3. The summed E-state index contributed by atoms with van der Waals surface area (Å²) in [4.78, 5) is 12.2. The number of nitrogens with one attached hydrogen (secondary N) is 1. The highest BCUT2D eigenvalue weighted by Gasteiger charge is 2.21. The van der Waals surface area contributed by atoms with Crippen LogP contribution in [0.1, 0.15) is 18.9 Å². The van der Waals surface area contributed by atoms with Gasteiger partial charge in [-0.1, -0.05) is 36.0 Å². The highest BCUT2D eigenvalue weighted by atomic mass is 32.2. The van der Waals surface area contributed by atoms with E-state index in [0.29, 0.717) is 34.7 Å². The van der Waals surface area contributed by atoms with Gasteiger partial charge in [0.1, 0.15) is 5.82 Å². The molecule has 162 valence electrons. The van der Waals surface area contributed by atoms with Gasteiger partial charge in [0, 0.05) is 12.2 Å². The number of ether oxygens (including phenoxy) is 2. The Morgan fingerprint density at radius 3 is 2.74 bits per heavy atom. The maximum atomic E-state index is 13.3. The molecule has 3 aromatic rings. The van der Waals surface area contributed by atoms with E-state index in [4.69, 9.17) is 9.47 Å². The summed E-state index contributed by atoms with van der Waals surface area (Å²) in [5.41, 5.74) is 0.401. The summed E-state index contributed by atoms with van der Waals surface area (Å²) in [6.07, 6.45) is 1.30. The number of rotatable bonds is 10. The van der Waals surface area contributed by atoms with Gasteiger partial charge in [0.15, 0.2) is 28.6 Å². The first-order chi connectivity index (χ1) is 15.0. The summed E-state index contributed by atoms with van der Waals surface area (Å²) >= 11 is 1.23. The van der Waals surface area contributed by atoms with E-state index in [1.54, 1.807) is 19.3 Å². The number of benzene rings is 2. The van der Waals surface area contributed by atoms with Crippen molar-refractivity contribution in [3.8, 4) is 11.5 Å². The van der Waals surface area contributed by atoms with Crippen molar-refractivity contribution in [3.63, 3.8) is 0 Å². The van der Waals surface area contributed by atoms with Crippen LogP contribution in [0, 0.1) is 5.82 Å². The predicted molar refractivity (Wildman–Crippen MR) is 118 cm³/mol.